The zero-order valence-electron chi connectivity index (χ0n) is 14.7. The first-order chi connectivity index (χ1) is 13.1. The van der Waals surface area contributed by atoms with E-state index < -0.39 is 32.0 Å². The van der Waals surface area contributed by atoms with Gasteiger partial charge in [0.05, 0.1) is 26.1 Å². The number of aromatic nitrogens is 1. The van der Waals surface area contributed by atoms with Crippen molar-refractivity contribution in [3.05, 3.63) is 45.0 Å². The smallest absolute Gasteiger partial charge is 0.266 e. The minimum Gasteiger partial charge on any atom is -0.362 e. The molecule has 1 amide bonds. The van der Waals surface area contributed by atoms with Crippen molar-refractivity contribution in [2.75, 3.05) is 11.1 Å². The second-order valence-corrected chi connectivity index (χ2v) is 10.9. The Morgan fingerprint density at radius 2 is 2.14 bits per heavy atom. The summed E-state index contributed by atoms with van der Waals surface area (Å²) in [6.45, 7) is 1.65. The molecule has 2 aromatic heterocycles. The number of halogens is 2. The highest BCUT2D eigenvalue weighted by atomic mass is 35.5. The Bertz CT molecular complexity index is 1110. The van der Waals surface area contributed by atoms with E-state index in [1.54, 1.807) is 6.92 Å². The molecule has 1 saturated carbocycles. The summed E-state index contributed by atoms with van der Waals surface area (Å²) in [6.07, 6.45) is 0.896. The lowest BCUT2D eigenvalue weighted by Gasteiger charge is -2.39. The number of pyridine rings is 1. The summed E-state index contributed by atoms with van der Waals surface area (Å²) in [5.41, 5.74) is -1.11. The van der Waals surface area contributed by atoms with E-state index >= 15 is 0 Å². The third-order valence-electron chi connectivity index (χ3n) is 5.00. The monoisotopic (exact) mass is 442 g/mol. The van der Waals surface area contributed by atoms with Crippen LogP contribution in [0.1, 0.15) is 34.3 Å². The van der Waals surface area contributed by atoms with Crippen molar-refractivity contribution in [3.63, 3.8) is 0 Å². The van der Waals surface area contributed by atoms with Crippen molar-refractivity contribution in [1.82, 2.24) is 10.3 Å². The van der Waals surface area contributed by atoms with Crippen LogP contribution in [0.5, 0.6) is 0 Å². The molecule has 4 rings (SSSR count). The Morgan fingerprint density at radius 1 is 1.43 bits per heavy atom. The van der Waals surface area contributed by atoms with Gasteiger partial charge in [-0.2, -0.15) is 4.39 Å². The second-order valence-electron chi connectivity index (χ2n) is 7.17. The summed E-state index contributed by atoms with van der Waals surface area (Å²) in [7, 11) is -3.53. The molecule has 0 radical (unpaired) electrons. The summed E-state index contributed by atoms with van der Waals surface area (Å²) < 4.78 is 37.6. The number of amidine groups is 1. The number of nitrogens with one attached hydrogen (secondary N) is 3. The number of carbonyl (C=O) groups excluding carboxylic acids is 1. The second kappa shape index (κ2) is 6.23. The molecular weight excluding hydrogens is 427 g/mol. The number of amides is 1. The maximum Gasteiger partial charge on any atom is 0.266 e. The fourth-order valence-corrected chi connectivity index (χ4v) is 7.38. The summed E-state index contributed by atoms with van der Waals surface area (Å²) in [5, 5.41) is 13.9. The number of hydrogen-bond donors (Lipinski definition) is 3. The van der Waals surface area contributed by atoms with Gasteiger partial charge in [0.1, 0.15) is 16.4 Å². The van der Waals surface area contributed by atoms with Crippen molar-refractivity contribution in [3.8, 4) is 0 Å². The van der Waals surface area contributed by atoms with Crippen LogP contribution in [-0.4, -0.2) is 35.6 Å². The highest BCUT2D eigenvalue weighted by Crippen LogP contribution is 2.50. The molecule has 1 atom stereocenters. The molecule has 1 aliphatic carbocycles. The number of sulfone groups is 1. The van der Waals surface area contributed by atoms with Gasteiger partial charge in [-0.1, -0.05) is 17.7 Å². The average Bonchev–Trinajstić information content (AvgIpc) is 3.31. The van der Waals surface area contributed by atoms with Crippen LogP contribution in [0, 0.1) is 11.4 Å². The molecule has 2 aliphatic rings. The molecule has 2 aromatic rings. The Hall–Kier alpha value is -2.04. The predicted octanol–water partition coefficient (Wildman–Crippen LogP) is 2.93. The summed E-state index contributed by atoms with van der Waals surface area (Å²) in [5.74, 6) is -1.44. The Kier molecular flexibility index (Phi) is 4.29. The van der Waals surface area contributed by atoms with E-state index in [4.69, 9.17) is 17.0 Å². The largest absolute Gasteiger partial charge is 0.362 e. The van der Waals surface area contributed by atoms with Gasteiger partial charge in [0.2, 0.25) is 5.95 Å². The molecular formula is C17H16ClFN4O3S2. The number of carbonyl (C=O) groups is 1. The standard InChI is InChI=1S/C17H16ClFN4O3S2/c1-16(8-28(25,26)17(5-6-17)15(20)23-16)13-9(18)7-10(27-13)14(24)22-12-4-2-3-11(19)21-12/h2-4,7H,5-6,8H2,1H3,(H2,20,23)(H,21,22,24)/t16-/m0/s1. The summed E-state index contributed by atoms with van der Waals surface area (Å²) >= 11 is 7.35. The summed E-state index contributed by atoms with van der Waals surface area (Å²) in [4.78, 5) is 16.7. The minimum absolute atomic E-state index is 0.0271. The molecule has 3 N–H and O–H groups in total. The number of rotatable bonds is 3. The van der Waals surface area contributed by atoms with Crippen LogP contribution in [0.4, 0.5) is 10.2 Å². The molecule has 1 saturated heterocycles. The van der Waals surface area contributed by atoms with Crippen molar-refractivity contribution in [2.24, 2.45) is 0 Å². The highest BCUT2D eigenvalue weighted by Gasteiger charge is 2.63. The molecule has 0 aromatic carbocycles. The Balaban J connectivity index is 1.62. The average molecular weight is 443 g/mol. The minimum atomic E-state index is -3.53. The van der Waals surface area contributed by atoms with Crippen LogP contribution in [0.15, 0.2) is 24.3 Å². The molecule has 0 bridgehead atoms. The van der Waals surface area contributed by atoms with Crippen molar-refractivity contribution >= 4 is 50.3 Å². The van der Waals surface area contributed by atoms with Crippen LogP contribution >= 0.6 is 22.9 Å². The first-order valence-electron chi connectivity index (χ1n) is 8.40. The number of hydrogen-bond acceptors (Lipinski definition) is 6. The normalized spacial score (nSPS) is 24.6. The van der Waals surface area contributed by atoms with Gasteiger partial charge < -0.3 is 10.6 Å². The fraction of sp³-hybridized carbons (Fsp3) is 0.353. The number of thiophene rings is 1. The Labute approximate surface area is 169 Å². The lowest BCUT2D eigenvalue weighted by molar-refractivity contribution is 0.103. The van der Waals surface area contributed by atoms with Gasteiger partial charge in [0.25, 0.3) is 5.91 Å². The fourth-order valence-electron chi connectivity index (χ4n) is 3.41. The van der Waals surface area contributed by atoms with Crippen LogP contribution < -0.4 is 10.6 Å². The van der Waals surface area contributed by atoms with Crippen LogP contribution in [-0.2, 0) is 15.4 Å². The molecule has 1 aliphatic heterocycles. The molecule has 7 nitrogen and oxygen atoms in total. The van der Waals surface area contributed by atoms with E-state index in [0.717, 1.165) is 17.4 Å². The van der Waals surface area contributed by atoms with E-state index in [2.05, 4.69) is 15.6 Å². The van der Waals surface area contributed by atoms with Crippen LogP contribution in [0.25, 0.3) is 0 Å². The van der Waals surface area contributed by atoms with Gasteiger partial charge in [0, 0.05) is 0 Å². The molecule has 0 unspecified atom stereocenters. The van der Waals surface area contributed by atoms with E-state index in [-0.39, 0.29) is 27.3 Å². The number of nitrogens with zero attached hydrogens (tertiary/aromatic N) is 1. The third-order valence-corrected chi connectivity index (χ3v) is 9.57. The van der Waals surface area contributed by atoms with Gasteiger partial charge in [-0.05, 0) is 38.0 Å². The van der Waals surface area contributed by atoms with Crippen molar-refractivity contribution < 1.29 is 17.6 Å². The molecule has 28 heavy (non-hydrogen) atoms. The molecule has 3 heterocycles. The van der Waals surface area contributed by atoms with E-state index in [0.29, 0.717) is 17.7 Å². The van der Waals surface area contributed by atoms with E-state index in [9.17, 15) is 17.6 Å². The van der Waals surface area contributed by atoms with Crippen molar-refractivity contribution in [1.29, 1.82) is 5.41 Å². The maximum absolute atomic E-state index is 13.2. The quantitative estimate of drug-likeness (QED) is 0.633. The van der Waals surface area contributed by atoms with Crippen molar-refractivity contribution in [2.45, 2.75) is 30.1 Å². The SMILES string of the molecule is C[C@@]1(c2sc(C(=O)Nc3cccc(F)n3)cc2Cl)CS(=O)(=O)C2(CC2)C(=N)N1. The zero-order chi connectivity index (χ0) is 20.3. The van der Waals surface area contributed by atoms with Gasteiger partial charge >= 0.3 is 0 Å². The first kappa shape index (κ1) is 19.3. The van der Waals surface area contributed by atoms with E-state index in [1.807, 2.05) is 0 Å². The zero-order valence-corrected chi connectivity index (χ0v) is 17.1. The first-order valence-corrected chi connectivity index (χ1v) is 11.2. The molecule has 1 spiro atoms. The van der Waals surface area contributed by atoms with Gasteiger partial charge in [-0.25, -0.2) is 13.4 Å². The molecule has 2 fully saturated rings. The van der Waals surface area contributed by atoms with Gasteiger partial charge in [0.15, 0.2) is 9.84 Å². The maximum atomic E-state index is 13.2. The summed E-state index contributed by atoms with van der Waals surface area (Å²) in [6, 6.07) is 5.46. The predicted molar refractivity (Wildman–Crippen MR) is 105 cm³/mol. The lowest BCUT2D eigenvalue weighted by Crippen LogP contribution is -2.60. The number of anilines is 1. The molecule has 11 heteroatoms. The Morgan fingerprint density at radius 3 is 2.75 bits per heavy atom. The lowest BCUT2D eigenvalue weighted by atomic mass is 10.0. The molecule has 148 valence electrons. The highest BCUT2D eigenvalue weighted by molar-refractivity contribution is 7.94. The van der Waals surface area contributed by atoms with Crippen LogP contribution in [0.2, 0.25) is 5.02 Å². The topological polar surface area (TPSA) is 112 Å². The van der Waals surface area contributed by atoms with E-state index in [1.165, 1.54) is 18.2 Å². The van der Waals surface area contributed by atoms with Gasteiger partial charge in [-0.3, -0.25) is 10.2 Å². The van der Waals surface area contributed by atoms with Crippen LogP contribution in [0.3, 0.4) is 0 Å². The third kappa shape index (κ3) is 2.99. The van der Waals surface area contributed by atoms with Gasteiger partial charge in [-0.15, -0.1) is 11.3 Å².